The van der Waals surface area contributed by atoms with Gasteiger partial charge in [-0.05, 0) is 187 Å². The van der Waals surface area contributed by atoms with Crippen molar-refractivity contribution >= 4 is 17.1 Å². The summed E-state index contributed by atoms with van der Waals surface area (Å²) >= 11 is 0. The molecule has 0 fully saturated rings. The molecule has 0 N–H and O–H groups in total. The van der Waals surface area contributed by atoms with Crippen molar-refractivity contribution in [1.29, 1.82) is 0 Å². The molecule has 0 aromatic heterocycles. The predicted molar refractivity (Wildman–Crippen MR) is 301 cm³/mol. The van der Waals surface area contributed by atoms with Gasteiger partial charge in [0.25, 0.3) is 0 Å². The number of aryl methyl sites for hydroxylation is 2. The molecule has 3 aliphatic carbocycles. The van der Waals surface area contributed by atoms with Crippen molar-refractivity contribution in [2.75, 3.05) is 4.90 Å². The van der Waals surface area contributed by atoms with E-state index in [0.29, 0.717) is 11.8 Å². The van der Waals surface area contributed by atoms with Gasteiger partial charge in [0, 0.05) is 22.5 Å². The van der Waals surface area contributed by atoms with Gasteiger partial charge < -0.3 is 9.64 Å². The number of rotatable bonds is 12. The summed E-state index contributed by atoms with van der Waals surface area (Å²) in [6.45, 7) is 16.3. The Labute approximate surface area is 428 Å². The average molecular weight is 936 g/mol. The highest BCUT2D eigenvalue weighted by Crippen LogP contribution is 2.58. The van der Waals surface area contributed by atoms with Gasteiger partial charge in [0.15, 0.2) is 0 Å². The molecule has 2 nitrogen and oxygen atoms in total. The molecule has 3 unspecified atom stereocenters. The Balaban J connectivity index is 0.927. The monoisotopic (exact) mass is 936 g/mol. The molecule has 72 heavy (non-hydrogen) atoms. The summed E-state index contributed by atoms with van der Waals surface area (Å²) in [7, 11) is 0. The van der Waals surface area contributed by atoms with Crippen LogP contribution in [0, 0.1) is 0 Å². The molecule has 0 spiro atoms. The van der Waals surface area contributed by atoms with Gasteiger partial charge in [-0.25, -0.2) is 0 Å². The van der Waals surface area contributed by atoms with Crippen molar-refractivity contribution < 1.29 is 4.74 Å². The van der Waals surface area contributed by atoms with E-state index in [2.05, 4.69) is 260 Å². The van der Waals surface area contributed by atoms with Gasteiger partial charge in [0.1, 0.15) is 11.5 Å². The summed E-state index contributed by atoms with van der Waals surface area (Å²) < 4.78 is 6.67. The molecule has 9 aromatic rings. The molecular formula is C70H65NO. The van der Waals surface area contributed by atoms with Crippen LogP contribution >= 0.6 is 0 Å². The first kappa shape index (κ1) is 45.7. The van der Waals surface area contributed by atoms with Crippen LogP contribution in [0.25, 0.3) is 22.3 Å². The van der Waals surface area contributed by atoms with Crippen molar-refractivity contribution in [2.45, 2.75) is 102 Å². The molecule has 3 aliphatic rings. The lowest BCUT2D eigenvalue weighted by molar-refractivity contribution is 0.481. The van der Waals surface area contributed by atoms with Gasteiger partial charge in [-0.3, -0.25) is 0 Å². The summed E-state index contributed by atoms with van der Waals surface area (Å²) in [5.74, 6) is 2.67. The Morgan fingerprint density at radius 2 is 1.01 bits per heavy atom. The Hall–Kier alpha value is -7.42. The van der Waals surface area contributed by atoms with Gasteiger partial charge in [-0.15, -0.1) is 0 Å². The SMILES string of the molecule is CCC(CC(C)c1ccc(Oc2ccc(C3(c4ccc(C(C)(C)C)cc4)c4ccccc4-c4ccc(N(c5ccccc5)c5ccc6c(c5)C(C)(C)c5ccccc5-6)cc43)cc2)cc1)c1ccc2c(c1)CC2. The lowest BCUT2D eigenvalue weighted by atomic mass is 9.67. The first-order valence-corrected chi connectivity index (χ1v) is 26.4. The van der Waals surface area contributed by atoms with E-state index in [4.69, 9.17) is 4.74 Å². The minimum Gasteiger partial charge on any atom is -0.457 e. The van der Waals surface area contributed by atoms with E-state index >= 15 is 0 Å². The maximum atomic E-state index is 6.67. The lowest BCUT2D eigenvalue weighted by Crippen LogP contribution is -2.29. The molecule has 0 saturated carbocycles. The lowest BCUT2D eigenvalue weighted by Gasteiger charge is -2.35. The number of hydrogen-bond donors (Lipinski definition) is 0. The minimum atomic E-state index is -0.616. The second-order valence-corrected chi connectivity index (χ2v) is 22.4. The van der Waals surface area contributed by atoms with Crippen LogP contribution in [0.3, 0.4) is 0 Å². The minimum absolute atomic E-state index is 0.0160. The van der Waals surface area contributed by atoms with E-state index in [0.717, 1.165) is 41.4 Å². The molecule has 0 bridgehead atoms. The zero-order chi connectivity index (χ0) is 49.4. The van der Waals surface area contributed by atoms with Crippen LogP contribution in [0.1, 0.15) is 134 Å². The average Bonchev–Trinajstić information content (AvgIpc) is 3.81. The highest BCUT2D eigenvalue weighted by molar-refractivity contribution is 5.91. The van der Waals surface area contributed by atoms with Gasteiger partial charge in [-0.1, -0.05) is 194 Å². The van der Waals surface area contributed by atoms with Gasteiger partial charge in [0.2, 0.25) is 0 Å². The smallest absolute Gasteiger partial charge is 0.127 e. The number of benzene rings is 9. The third-order valence-corrected chi connectivity index (χ3v) is 16.8. The third kappa shape index (κ3) is 7.61. The molecule has 12 rings (SSSR count). The van der Waals surface area contributed by atoms with Crippen molar-refractivity contribution in [3.8, 4) is 33.8 Å². The normalized spacial score (nSPS) is 16.6. The largest absolute Gasteiger partial charge is 0.457 e. The van der Waals surface area contributed by atoms with Crippen LogP contribution in [-0.4, -0.2) is 0 Å². The molecule has 0 aliphatic heterocycles. The Morgan fingerprint density at radius 1 is 0.486 bits per heavy atom. The van der Waals surface area contributed by atoms with Crippen LogP contribution in [0.5, 0.6) is 11.5 Å². The molecule has 3 atom stereocenters. The van der Waals surface area contributed by atoms with Crippen molar-refractivity contribution in [1.82, 2.24) is 0 Å². The molecule has 0 radical (unpaired) electrons. The topological polar surface area (TPSA) is 12.5 Å². The molecule has 2 heteroatoms. The first-order valence-electron chi connectivity index (χ1n) is 26.4. The zero-order valence-corrected chi connectivity index (χ0v) is 43.0. The molecule has 356 valence electrons. The summed E-state index contributed by atoms with van der Waals surface area (Å²) in [6, 6.07) is 77.6. The summed E-state index contributed by atoms with van der Waals surface area (Å²) in [5, 5.41) is 0. The highest BCUT2D eigenvalue weighted by Gasteiger charge is 2.47. The third-order valence-electron chi connectivity index (χ3n) is 16.8. The van der Waals surface area contributed by atoms with E-state index in [1.165, 1.54) is 90.7 Å². The van der Waals surface area contributed by atoms with Crippen LogP contribution in [0.2, 0.25) is 0 Å². The fraction of sp³-hybridized carbons (Fsp3) is 0.229. The van der Waals surface area contributed by atoms with E-state index in [1.54, 1.807) is 5.56 Å². The Kier molecular flexibility index (Phi) is 11.2. The predicted octanol–water partition coefficient (Wildman–Crippen LogP) is 18.7. The van der Waals surface area contributed by atoms with Gasteiger partial charge in [0.05, 0.1) is 5.41 Å². The molecule has 0 amide bonds. The van der Waals surface area contributed by atoms with Crippen molar-refractivity contribution in [2.24, 2.45) is 0 Å². The van der Waals surface area contributed by atoms with Crippen LogP contribution < -0.4 is 9.64 Å². The van der Waals surface area contributed by atoms with E-state index in [1.807, 2.05) is 0 Å². The summed E-state index contributed by atoms with van der Waals surface area (Å²) in [4.78, 5) is 2.45. The molecule has 9 aromatic carbocycles. The first-order chi connectivity index (χ1) is 34.9. The highest BCUT2D eigenvalue weighted by atomic mass is 16.5. The second kappa shape index (κ2) is 17.7. The molecular weight excluding hydrogens is 871 g/mol. The molecule has 0 saturated heterocycles. The standard InChI is InChI=1S/C70H65NO/c1-8-47(50-24-22-49-23-25-51(49)43-50)42-46(2)48-26-36-58(37-27-48)72-59-38-32-54(33-39-59)70(53-30-28-52(29-31-53)68(3,4)5)65-21-15-13-19-61(65)63-41-35-57(45-67(63)70)71(55-16-10-9-11-17-55)56-34-40-62-60-18-12-14-20-64(60)69(6,7)66(62)44-56/h9-22,24,26-41,43-47H,8,23,25,42H2,1-7H3. The number of para-hydroxylation sites is 1. The van der Waals surface area contributed by atoms with E-state index in [9.17, 15) is 0 Å². The van der Waals surface area contributed by atoms with E-state index < -0.39 is 5.41 Å². The fourth-order valence-corrected chi connectivity index (χ4v) is 12.6. The van der Waals surface area contributed by atoms with Crippen LogP contribution in [0.15, 0.2) is 206 Å². The van der Waals surface area contributed by atoms with Crippen molar-refractivity contribution in [3.63, 3.8) is 0 Å². The van der Waals surface area contributed by atoms with Crippen molar-refractivity contribution in [3.05, 3.63) is 267 Å². The summed E-state index contributed by atoms with van der Waals surface area (Å²) in [5.41, 5.74) is 22.8. The van der Waals surface area contributed by atoms with Gasteiger partial charge in [-0.2, -0.15) is 0 Å². The zero-order valence-electron chi connectivity index (χ0n) is 43.0. The number of anilines is 3. The summed E-state index contributed by atoms with van der Waals surface area (Å²) in [6.07, 6.45) is 4.75. The van der Waals surface area contributed by atoms with E-state index in [-0.39, 0.29) is 10.8 Å². The number of hydrogen-bond acceptors (Lipinski definition) is 2. The maximum Gasteiger partial charge on any atom is 0.127 e. The molecule has 0 heterocycles. The van der Waals surface area contributed by atoms with Gasteiger partial charge >= 0.3 is 0 Å². The number of ether oxygens (including phenoxy) is 1. The number of nitrogens with zero attached hydrogens (tertiary/aromatic N) is 1. The maximum absolute atomic E-state index is 6.67. The fourth-order valence-electron chi connectivity index (χ4n) is 12.6. The number of fused-ring (bicyclic) bond motifs is 7. The van der Waals surface area contributed by atoms with Crippen LogP contribution in [0.4, 0.5) is 17.1 Å². The Morgan fingerprint density at radius 3 is 1.62 bits per heavy atom. The Bertz CT molecular complexity index is 3470. The van der Waals surface area contributed by atoms with Crippen LogP contribution in [-0.2, 0) is 29.1 Å². The quantitative estimate of drug-likeness (QED) is 0.121. The second-order valence-electron chi connectivity index (χ2n) is 22.4.